The first-order valence-corrected chi connectivity index (χ1v) is 7.33. The van der Waals surface area contributed by atoms with Crippen molar-refractivity contribution >= 4 is 11.6 Å². The lowest BCUT2D eigenvalue weighted by Crippen LogP contribution is -2.46. The largest absolute Gasteiger partial charge is 0.422 e. The normalized spacial score (nSPS) is 16.4. The number of rotatable bonds is 3. The average molecular weight is 384 g/mol. The van der Waals surface area contributed by atoms with Crippen molar-refractivity contribution in [2.75, 3.05) is 0 Å². The van der Waals surface area contributed by atoms with Crippen molar-refractivity contribution in [1.29, 1.82) is 0 Å². The van der Waals surface area contributed by atoms with E-state index in [4.69, 9.17) is 11.6 Å². The Labute approximate surface area is 144 Å². The molecule has 1 N–H and O–H groups in total. The molecule has 0 saturated heterocycles. The van der Waals surface area contributed by atoms with Crippen LogP contribution in [0.3, 0.4) is 0 Å². The fraction of sp³-hybridized carbons (Fsp3) is 0.312. The summed E-state index contributed by atoms with van der Waals surface area (Å²) in [7, 11) is 0. The van der Waals surface area contributed by atoms with Gasteiger partial charge in [-0.25, -0.2) is 0 Å². The number of benzene rings is 1. The Morgan fingerprint density at radius 2 is 1.52 bits per heavy atom. The molecule has 0 aliphatic rings. The van der Waals surface area contributed by atoms with Crippen LogP contribution in [-0.4, -0.2) is 16.3 Å². The molecule has 0 bridgehead atoms. The maximum Gasteiger partial charge on any atom is 0.422 e. The number of aromatic nitrogens is 1. The van der Waals surface area contributed by atoms with Crippen molar-refractivity contribution < 1.29 is 31.4 Å². The van der Waals surface area contributed by atoms with Gasteiger partial charge in [0.05, 0.1) is 5.56 Å². The minimum absolute atomic E-state index is 0.308. The van der Waals surface area contributed by atoms with Crippen LogP contribution >= 0.6 is 11.6 Å². The summed E-state index contributed by atoms with van der Waals surface area (Å²) in [5.41, 5.74) is -5.61. The van der Waals surface area contributed by atoms with E-state index < -0.39 is 40.6 Å². The van der Waals surface area contributed by atoms with Crippen molar-refractivity contribution in [3.63, 3.8) is 0 Å². The van der Waals surface area contributed by atoms with Crippen LogP contribution in [0.5, 0.6) is 0 Å². The fourth-order valence-corrected chi connectivity index (χ4v) is 2.82. The molecule has 0 radical (unpaired) electrons. The number of nitrogens with zero attached hydrogens (tertiary/aromatic N) is 1. The van der Waals surface area contributed by atoms with Crippen molar-refractivity contribution in [3.8, 4) is 0 Å². The summed E-state index contributed by atoms with van der Waals surface area (Å²) in [5.74, 6) is -1.80. The van der Waals surface area contributed by atoms with Gasteiger partial charge < -0.3 is 5.11 Å². The second-order valence-electron chi connectivity index (χ2n) is 5.46. The summed E-state index contributed by atoms with van der Waals surface area (Å²) in [6, 6.07) is 3.94. The zero-order chi connectivity index (χ0) is 19.0. The van der Waals surface area contributed by atoms with Gasteiger partial charge in [-0.1, -0.05) is 18.5 Å². The molecule has 0 spiro atoms. The van der Waals surface area contributed by atoms with Gasteiger partial charge >= 0.3 is 12.4 Å². The molecule has 0 aliphatic carbocycles. The van der Waals surface area contributed by atoms with Crippen molar-refractivity contribution in [2.45, 2.75) is 30.8 Å². The summed E-state index contributed by atoms with van der Waals surface area (Å²) < 4.78 is 79.6. The van der Waals surface area contributed by atoms with E-state index in [1.54, 1.807) is 0 Å². The SMILES string of the molecule is CC(c1cc(C(F)(F)F)ccc1Cl)C(O)(c1ccncc1)C(F)(F)F. The summed E-state index contributed by atoms with van der Waals surface area (Å²) in [6.07, 6.45) is -7.82. The molecule has 0 fully saturated rings. The highest BCUT2D eigenvalue weighted by molar-refractivity contribution is 6.31. The highest BCUT2D eigenvalue weighted by atomic mass is 35.5. The number of aliphatic hydroxyl groups is 1. The van der Waals surface area contributed by atoms with Gasteiger partial charge in [0.25, 0.3) is 0 Å². The van der Waals surface area contributed by atoms with E-state index in [1.165, 1.54) is 0 Å². The first-order valence-electron chi connectivity index (χ1n) is 6.95. The van der Waals surface area contributed by atoms with Crippen LogP contribution in [0.4, 0.5) is 26.3 Å². The molecule has 1 aromatic heterocycles. The van der Waals surface area contributed by atoms with Gasteiger partial charge in [0.15, 0.2) is 5.60 Å². The molecule has 0 amide bonds. The number of hydrogen-bond acceptors (Lipinski definition) is 2. The van der Waals surface area contributed by atoms with Gasteiger partial charge in [0.2, 0.25) is 0 Å². The summed E-state index contributed by atoms with van der Waals surface area (Å²) in [6.45, 7) is 0.968. The molecule has 25 heavy (non-hydrogen) atoms. The van der Waals surface area contributed by atoms with E-state index in [1.807, 2.05) is 0 Å². The Morgan fingerprint density at radius 3 is 2.00 bits per heavy atom. The minimum Gasteiger partial charge on any atom is -0.376 e. The van der Waals surface area contributed by atoms with Crippen molar-refractivity contribution in [3.05, 3.63) is 64.4 Å². The summed E-state index contributed by atoms with van der Waals surface area (Å²) >= 11 is 5.83. The molecule has 9 heteroatoms. The monoisotopic (exact) mass is 383 g/mol. The van der Waals surface area contributed by atoms with Crippen LogP contribution in [0.2, 0.25) is 5.02 Å². The molecule has 1 aromatic carbocycles. The second-order valence-corrected chi connectivity index (χ2v) is 5.86. The predicted molar refractivity (Wildman–Crippen MR) is 79.1 cm³/mol. The van der Waals surface area contributed by atoms with E-state index in [-0.39, 0.29) is 5.02 Å². The maximum absolute atomic E-state index is 13.7. The third-order valence-corrected chi connectivity index (χ3v) is 4.31. The van der Waals surface area contributed by atoms with Crippen molar-refractivity contribution in [1.82, 2.24) is 4.98 Å². The predicted octanol–water partition coefficient (Wildman–Crippen LogP) is 5.31. The number of alkyl halides is 6. The van der Waals surface area contributed by atoms with E-state index in [9.17, 15) is 31.4 Å². The second kappa shape index (κ2) is 6.49. The Bertz CT molecular complexity index is 747. The van der Waals surface area contributed by atoms with Gasteiger partial charge in [-0.2, -0.15) is 26.3 Å². The molecule has 0 saturated carbocycles. The number of pyridine rings is 1. The van der Waals surface area contributed by atoms with Crippen molar-refractivity contribution in [2.24, 2.45) is 0 Å². The van der Waals surface area contributed by atoms with Crippen LogP contribution in [-0.2, 0) is 11.8 Å². The molecule has 2 aromatic rings. The summed E-state index contributed by atoms with van der Waals surface area (Å²) in [5, 5.41) is 10.2. The quantitative estimate of drug-likeness (QED) is 0.729. The molecular formula is C16H12ClF6NO. The summed E-state index contributed by atoms with van der Waals surface area (Å²) in [4.78, 5) is 3.58. The Kier molecular flexibility index (Phi) is 5.07. The molecule has 136 valence electrons. The molecule has 2 unspecified atom stereocenters. The van der Waals surface area contributed by atoms with E-state index >= 15 is 0 Å². The van der Waals surface area contributed by atoms with Gasteiger partial charge in [-0.3, -0.25) is 4.98 Å². The Balaban J connectivity index is 2.65. The third-order valence-electron chi connectivity index (χ3n) is 3.97. The molecule has 2 rings (SSSR count). The highest BCUT2D eigenvalue weighted by Gasteiger charge is 2.59. The Morgan fingerprint density at radius 1 is 0.960 bits per heavy atom. The standard InChI is InChI=1S/C16H12ClF6NO/c1-9(12-8-11(15(18,19)20)2-3-13(12)17)14(25,16(21,22)23)10-4-6-24-7-5-10/h2-9,25H,1H3. The Hall–Kier alpha value is -1.80. The smallest absolute Gasteiger partial charge is 0.376 e. The zero-order valence-electron chi connectivity index (χ0n) is 12.7. The number of halogens is 7. The van der Waals surface area contributed by atoms with Crippen LogP contribution < -0.4 is 0 Å². The minimum atomic E-state index is -5.16. The third kappa shape index (κ3) is 3.59. The van der Waals surface area contributed by atoms with E-state index in [2.05, 4.69) is 4.98 Å². The lowest BCUT2D eigenvalue weighted by molar-refractivity contribution is -0.274. The molecule has 0 aliphatic heterocycles. The zero-order valence-corrected chi connectivity index (χ0v) is 13.4. The van der Waals surface area contributed by atoms with E-state index in [0.29, 0.717) is 12.1 Å². The highest BCUT2D eigenvalue weighted by Crippen LogP contribution is 2.50. The van der Waals surface area contributed by atoms with Gasteiger partial charge in [0.1, 0.15) is 0 Å². The van der Waals surface area contributed by atoms with Gasteiger partial charge in [-0.05, 0) is 41.5 Å². The van der Waals surface area contributed by atoms with Gasteiger partial charge in [-0.15, -0.1) is 0 Å². The topological polar surface area (TPSA) is 33.1 Å². The molecular weight excluding hydrogens is 372 g/mol. The molecule has 2 atom stereocenters. The van der Waals surface area contributed by atoms with Crippen LogP contribution in [0.15, 0.2) is 42.7 Å². The van der Waals surface area contributed by atoms with Crippen LogP contribution in [0.1, 0.15) is 29.5 Å². The molecule has 2 nitrogen and oxygen atoms in total. The lowest BCUT2D eigenvalue weighted by Gasteiger charge is -2.37. The first kappa shape index (κ1) is 19.5. The first-order chi connectivity index (χ1) is 11.4. The van der Waals surface area contributed by atoms with E-state index in [0.717, 1.165) is 37.5 Å². The van der Waals surface area contributed by atoms with Gasteiger partial charge in [0, 0.05) is 23.3 Å². The molecule has 1 heterocycles. The van der Waals surface area contributed by atoms with Crippen LogP contribution in [0, 0.1) is 0 Å². The average Bonchev–Trinajstić information content (AvgIpc) is 2.52. The maximum atomic E-state index is 13.7. The van der Waals surface area contributed by atoms with Crippen LogP contribution in [0.25, 0.3) is 0 Å². The lowest BCUT2D eigenvalue weighted by atomic mass is 9.77. The fourth-order valence-electron chi connectivity index (χ4n) is 2.54. The number of hydrogen-bond donors (Lipinski definition) is 1.